The largest absolute Gasteiger partial charge is 0.369 e. The van der Waals surface area contributed by atoms with Gasteiger partial charge in [-0.1, -0.05) is 37.0 Å². The summed E-state index contributed by atoms with van der Waals surface area (Å²) in [6.45, 7) is 7.21. The highest BCUT2D eigenvalue weighted by Gasteiger charge is 2.27. The molecule has 1 saturated heterocycles. The van der Waals surface area contributed by atoms with E-state index in [2.05, 4.69) is 24.1 Å². The van der Waals surface area contributed by atoms with Crippen LogP contribution >= 0.6 is 23.2 Å². The van der Waals surface area contributed by atoms with E-state index >= 15 is 0 Å². The molecule has 0 saturated carbocycles. The minimum atomic E-state index is -0.392. The summed E-state index contributed by atoms with van der Waals surface area (Å²) < 4.78 is 13.3. The Bertz CT molecular complexity index is 444. The fraction of sp³-hybridized carbons (Fsp3) is 0.600. The van der Waals surface area contributed by atoms with Crippen LogP contribution in [0.4, 0.5) is 10.1 Å². The molecule has 0 amide bonds. The first-order valence-electron chi connectivity index (χ1n) is 7.15. The molecule has 5 heteroatoms. The molecule has 0 bridgehead atoms. The molecule has 1 heterocycles. The Morgan fingerprint density at radius 1 is 1.35 bits per heavy atom. The fourth-order valence-corrected chi connectivity index (χ4v) is 3.52. The minimum Gasteiger partial charge on any atom is -0.369 e. The van der Waals surface area contributed by atoms with Crippen LogP contribution < -0.4 is 10.2 Å². The molecule has 2 atom stereocenters. The smallest absolute Gasteiger partial charge is 0.126 e. The molecule has 1 N–H and O–H groups in total. The zero-order valence-corrected chi connectivity index (χ0v) is 13.4. The van der Waals surface area contributed by atoms with E-state index in [-0.39, 0.29) is 0 Å². The number of nitrogens with zero attached hydrogens (tertiary/aromatic N) is 1. The molecule has 2 rings (SSSR count). The van der Waals surface area contributed by atoms with Gasteiger partial charge in [0.1, 0.15) is 5.82 Å². The van der Waals surface area contributed by atoms with Crippen molar-refractivity contribution in [3.63, 3.8) is 0 Å². The third-order valence-electron chi connectivity index (χ3n) is 3.86. The highest BCUT2D eigenvalue weighted by atomic mass is 35.5. The Morgan fingerprint density at radius 2 is 2.00 bits per heavy atom. The summed E-state index contributed by atoms with van der Waals surface area (Å²) in [5, 5.41) is 4.36. The van der Waals surface area contributed by atoms with Crippen LogP contribution in [0.5, 0.6) is 0 Å². The molecular weight excluding hydrogens is 298 g/mol. The summed E-state index contributed by atoms with van der Waals surface area (Å²) in [4.78, 5) is 2.17. The van der Waals surface area contributed by atoms with Gasteiger partial charge in [-0.25, -0.2) is 4.39 Å². The summed E-state index contributed by atoms with van der Waals surface area (Å²) >= 11 is 12.3. The second-order valence-corrected chi connectivity index (χ2v) is 6.31. The van der Waals surface area contributed by atoms with Crippen LogP contribution in [-0.2, 0) is 0 Å². The van der Waals surface area contributed by atoms with Gasteiger partial charge in [-0.2, -0.15) is 0 Å². The van der Waals surface area contributed by atoms with E-state index < -0.39 is 5.82 Å². The molecule has 0 spiro atoms. The lowest BCUT2D eigenvalue weighted by Gasteiger charge is -2.39. The van der Waals surface area contributed by atoms with Crippen LogP contribution in [0.25, 0.3) is 0 Å². The number of piperidine rings is 1. The maximum absolute atomic E-state index is 13.3. The van der Waals surface area contributed by atoms with Gasteiger partial charge in [-0.3, -0.25) is 0 Å². The highest BCUT2D eigenvalue weighted by molar-refractivity contribution is 6.39. The molecule has 112 valence electrons. The van der Waals surface area contributed by atoms with E-state index in [1.165, 1.54) is 12.1 Å². The van der Waals surface area contributed by atoms with Crippen LogP contribution in [0.3, 0.4) is 0 Å². The molecule has 0 radical (unpaired) electrons. The summed E-state index contributed by atoms with van der Waals surface area (Å²) in [5.41, 5.74) is 0.760. The Balaban J connectivity index is 2.09. The van der Waals surface area contributed by atoms with E-state index in [1.54, 1.807) is 0 Å². The van der Waals surface area contributed by atoms with Gasteiger partial charge in [0.25, 0.3) is 0 Å². The Labute approximate surface area is 130 Å². The lowest BCUT2D eigenvalue weighted by molar-refractivity contribution is 0.322. The molecule has 2 nitrogen and oxygen atoms in total. The number of nitrogens with one attached hydrogen (secondary N) is 1. The normalized spacial score (nSPS) is 23.1. The lowest BCUT2D eigenvalue weighted by atomic mass is 9.93. The van der Waals surface area contributed by atoms with E-state index in [9.17, 15) is 4.39 Å². The second-order valence-electron chi connectivity index (χ2n) is 5.49. The van der Waals surface area contributed by atoms with Crippen LogP contribution in [0.1, 0.15) is 26.7 Å². The highest BCUT2D eigenvalue weighted by Crippen LogP contribution is 2.36. The minimum absolute atomic E-state index is 0.391. The van der Waals surface area contributed by atoms with Crippen molar-refractivity contribution in [3.05, 3.63) is 28.0 Å². The van der Waals surface area contributed by atoms with Crippen molar-refractivity contribution >= 4 is 28.9 Å². The number of hydrogen-bond acceptors (Lipinski definition) is 2. The number of anilines is 1. The van der Waals surface area contributed by atoms with Crippen molar-refractivity contribution in [2.75, 3.05) is 24.5 Å². The molecule has 1 aromatic rings. The van der Waals surface area contributed by atoms with Gasteiger partial charge in [-0.15, -0.1) is 0 Å². The van der Waals surface area contributed by atoms with E-state index in [4.69, 9.17) is 23.2 Å². The van der Waals surface area contributed by atoms with Crippen molar-refractivity contribution in [1.29, 1.82) is 0 Å². The quantitative estimate of drug-likeness (QED) is 0.888. The molecule has 1 fully saturated rings. The molecule has 1 aliphatic rings. The van der Waals surface area contributed by atoms with Gasteiger partial charge >= 0.3 is 0 Å². The number of rotatable bonds is 4. The van der Waals surface area contributed by atoms with Gasteiger partial charge in [0.15, 0.2) is 0 Å². The maximum Gasteiger partial charge on any atom is 0.126 e. The maximum atomic E-state index is 13.3. The summed E-state index contributed by atoms with van der Waals surface area (Å²) in [6, 6.07) is 3.19. The van der Waals surface area contributed by atoms with Crippen molar-refractivity contribution in [2.45, 2.75) is 32.7 Å². The third-order valence-corrected chi connectivity index (χ3v) is 4.44. The summed E-state index contributed by atoms with van der Waals surface area (Å²) in [6.07, 6.45) is 2.19. The Hall–Kier alpha value is -0.510. The molecular formula is C15H21Cl2FN2. The SMILES string of the molecule is CCCNC1CCN(c2c(Cl)cc(F)cc2Cl)CC1C. The molecule has 20 heavy (non-hydrogen) atoms. The number of benzene rings is 1. The van der Waals surface area contributed by atoms with E-state index in [1.807, 2.05) is 0 Å². The first-order valence-corrected chi connectivity index (χ1v) is 7.91. The van der Waals surface area contributed by atoms with Gasteiger partial charge in [0.2, 0.25) is 0 Å². The lowest BCUT2D eigenvalue weighted by Crippen LogP contribution is -2.48. The topological polar surface area (TPSA) is 15.3 Å². The van der Waals surface area contributed by atoms with Gasteiger partial charge in [0, 0.05) is 19.1 Å². The Morgan fingerprint density at radius 3 is 2.55 bits per heavy atom. The van der Waals surface area contributed by atoms with Crippen LogP contribution in [0.2, 0.25) is 10.0 Å². The molecule has 1 aromatic carbocycles. The standard InChI is InChI=1S/C15H21Cl2FN2/c1-3-5-19-14-4-6-20(9-10(14)2)15-12(16)7-11(18)8-13(15)17/h7-8,10,14,19H,3-6,9H2,1-2H3. The predicted molar refractivity (Wildman–Crippen MR) is 84.5 cm³/mol. The fourth-order valence-electron chi connectivity index (χ4n) is 2.82. The van der Waals surface area contributed by atoms with Crippen LogP contribution in [0.15, 0.2) is 12.1 Å². The van der Waals surface area contributed by atoms with Crippen LogP contribution in [0, 0.1) is 11.7 Å². The molecule has 0 aliphatic carbocycles. The number of hydrogen-bond donors (Lipinski definition) is 1. The monoisotopic (exact) mass is 318 g/mol. The first kappa shape index (κ1) is 15.9. The van der Waals surface area contributed by atoms with Crippen LogP contribution in [-0.4, -0.2) is 25.7 Å². The van der Waals surface area contributed by atoms with Crippen molar-refractivity contribution in [1.82, 2.24) is 5.32 Å². The zero-order valence-electron chi connectivity index (χ0n) is 11.9. The van der Waals surface area contributed by atoms with E-state index in [0.717, 1.165) is 38.2 Å². The average molecular weight is 319 g/mol. The van der Waals surface area contributed by atoms with Crippen molar-refractivity contribution in [3.8, 4) is 0 Å². The van der Waals surface area contributed by atoms with Gasteiger partial charge in [-0.05, 0) is 37.4 Å². The molecule has 0 aromatic heterocycles. The molecule has 1 aliphatic heterocycles. The average Bonchev–Trinajstić information content (AvgIpc) is 2.36. The molecule has 2 unspecified atom stereocenters. The first-order chi connectivity index (χ1) is 9.52. The third kappa shape index (κ3) is 3.57. The predicted octanol–water partition coefficient (Wildman–Crippen LogP) is 4.35. The van der Waals surface area contributed by atoms with Gasteiger partial charge in [0.05, 0.1) is 15.7 Å². The van der Waals surface area contributed by atoms with E-state index in [0.29, 0.717) is 22.0 Å². The van der Waals surface area contributed by atoms with Crippen molar-refractivity contribution in [2.24, 2.45) is 5.92 Å². The summed E-state index contributed by atoms with van der Waals surface area (Å²) in [5.74, 6) is 0.115. The van der Waals surface area contributed by atoms with Gasteiger partial charge < -0.3 is 10.2 Å². The second kappa shape index (κ2) is 6.97. The summed E-state index contributed by atoms with van der Waals surface area (Å²) in [7, 11) is 0. The number of halogens is 3. The zero-order chi connectivity index (χ0) is 14.7. The van der Waals surface area contributed by atoms with Crippen molar-refractivity contribution < 1.29 is 4.39 Å². The Kier molecular flexibility index (Phi) is 5.53.